The lowest BCUT2D eigenvalue weighted by atomic mass is 10.1. The molecule has 0 aliphatic rings. The summed E-state index contributed by atoms with van der Waals surface area (Å²) in [4.78, 5) is 13.3. The second kappa shape index (κ2) is 8.94. The fraction of sp³-hybridized carbons (Fsp3) is 0.278. The number of thiophene rings is 1. The van der Waals surface area contributed by atoms with Crippen LogP contribution in [0.4, 0.5) is 0 Å². The molecule has 0 aliphatic carbocycles. The minimum absolute atomic E-state index is 0.0975. The first-order valence-electron chi connectivity index (χ1n) is 8.01. The van der Waals surface area contributed by atoms with Gasteiger partial charge in [0.15, 0.2) is 0 Å². The van der Waals surface area contributed by atoms with Crippen molar-refractivity contribution in [2.45, 2.75) is 25.2 Å². The monoisotopic (exact) mass is 378 g/mol. The van der Waals surface area contributed by atoms with Crippen molar-refractivity contribution in [1.29, 1.82) is 0 Å². The van der Waals surface area contributed by atoms with Crippen molar-refractivity contribution in [2.24, 2.45) is 0 Å². The summed E-state index contributed by atoms with van der Waals surface area (Å²) < 4.78 is 26.2. The van der Waals surface area contributed by atoms with E-state index < -0.39 is 10.0 Å². The summed E-state index contributed by atoms with van der Waals surface area (Å²) in [5.41, 5.74) is 1.63. The van der Waals surface area contributed by atoms with E-state index in [0.29, 0.717) is 25.1 Å². The number of rotatable bonds is 8. The highest BCUT2D eigenvalue weighted by atomic mass is 32.2. The van der Waals surface area contributed by atoms with Crippen LogP contribution in [0.5, 0.6) is 0 Å². The molecule has 0 saturated heterocycles. The van der Waals surface area contributed by atoms with Gasteiger partial charge in [0.2, 0.25) is 15.9 Å². The van der Waals surface area contributed by atoms with Crippen molar-refractivity contribution >= 4 is 33.3 Å². The van der Waals surface area contributed by atoms with E-state index in [1.165, 1.54) is 0 Å². The predicted octanol–water partition coefficient (Wildman–Crippen LogP) is 2.81. The Morgan fingerprint density at radius 3 is 2.52 bits per heavy atom. The van der Waals surface area contributed by atoms with Crippen molar-refractivity contribution in [2.75, 3.05) is 13.1 Å². The summed E-state index contributed by atoms with van der Waals surface area (Å²) in [5.74, 6) is -0.0975. The lowest BCUT2D eigenvalue weighted by Crippen LogP contribution is -2.26. The molecule has 0 radical (unpaired) electrons. The normalized spacial score (nSPS) is 12.2. The molecule has 7 heteroatoms. The van der Waals surface area contributed by atoms with Crippen LogP contribution in [0.2, 0.25) is 0 Å². The highest BCUT2D eigenvalue weighted by Crippen LogP contribution is 2.13. The maximum absolute atomic E-state index is 12.1. The lowest BCUT2D eigenvalue weighted by Gasteiger charge is -2.07. The van der Waals surface area contributed by atoms with Crippen LogP contribution in [0.3, 0.4) is 0 Å². The summed E-state index contributed by atoms with van der Waals surface area (Å²) >= 11 is 1.59. The molecule has 5 nitrogen and oxygen atoms in total. The van der Waals surface area contributed by atoms with Gasteiger partial charge in [-0.1, -0.05) is 25.1 Å². The number of amides is 1. The number of benzene rings is 1. The third-order valence-corrected chi connectivity index (χ3v) is 5.91. The van der Waals surface area contributed by atoms with Gasteiger partial charge in [0.1, 0.15) is 0 Å². The fourth-order valence-electron chi connectivity index (χ4n) is 2.22. The molecule has 1 aromatic heterocycles. The van der Waals surface area contributed by atoms with E-state index in [-0.39, 0.29) is 10.8 Å². The highest BCUT2D eigenvalue weighted by Gasteiger charge is 2.11. The first-order chi connectivity index (χ1) is 11.9. The van der Waals surface area contributed by atoms with Gasteiger partial charge in [0.05, 0.1) is 4.90 Å². The summed E-state index contributed by atoms with van der Waals surface area (Å²) in [6, 6.07) is 10.6. The third kappa shape index (κ3) is 5.81. The van der Waals surface area contributed by atoms with Crippen LogP contribution in [0.25, 0.3) is 6.08 Å². The second-order valence-corrected chi connectivity index (χ2v) is 8.24. The number of carbonyl (C=O) groups is 1. The van der Waals surface area contributed by atoms with Crippen LogP contribution in [-0.4, -0.2) is 27.4 Å². The zero-order valence-corrected chi connectivity index (χ0v) is 15.9. The SMILES string of the molecule is CCNS(=O)(=O)c1ccc(CCNC(=O)/C(C)=C/c2cccs2)cc1. The second-order valence-electron chi connectivity index (χ2n) is 5.49. The Balaban J connectivity index is 1.86. The first-order valence-corrected chi connectivity index (χ1v) is 10.4. The Morgan fingerprint density at radius 2 is 1.92 bits per heavy atom. The van der Waals surface area contributed by atoms with Gasteiger partial charge >= 0.3 is 0 Å². The molecule has 0 spiro atoms. The molecular weight excluding hydrogens is 356 g/mol. The van der Waals surface area contributed by atoms with Crippen LogP contribution >= 0.6 is 11.3 Å². The highest BCUT2D eigenvalue weighted by molar-refractivity contribution is 7.89. The van der Waals surface area contributed by atoms with Gasteiger partial charge in [0.25, 0.3) is 0 Å². The molecule has 0 aliphatic heterocycles. The summed E-state index contributed by atoms with van der Waals surface area (Å²) in [7, 11) is -3.42. The van der Waals surface area contributed by atoms with E-state index >= 15 is 0 Å². The summed E-state index contributed by atoms with van der Waals surface area (Å²) in [6.45, 7) is 4.38. The maximum Gasteiger partial charge on any atom is 0.246 e. The fourth-order valence-corrected chi connectivity index (χ4v) is 3.98. The molecular formula is C18H22N2O3S2. The molecule has 0 saturated carbocycles. The van der Waals surface area contributed by atoms with E-state index in [1.54, 1.807) is 49.4 Å². The molecule has 0 fully saturated rings. The van der Waals surface area contributed by atoms with Crippen LogP contribution in [0, 0.1) is 0 Å². The van der Waals surface area contributed by atoms with Crippen LogP contribution in [0.1, 0.15) is 24.3 Å². The Bertz CT molecular complexity index is 824. The molecule has 2 aromatic rings. The minimum atomic E-state index is -3.42. The number of hydrogen-bond acceptors (Lipinski definition) is 4. The Hall–Kier alpha value is -1.96. The molecule has 25 heavy (non-hydrogen) atoms. The zero-order chi connectivity index (χ0) is 18.3. The average Bonchev–Trinajstić information content (AvgIpc) is 3.08. The van der Waals surface area contributed by atoms with Gasteiger partial charge in [0, 0.05) is 23.5 Å². The van der Waals surface area contributed by atoms with Gasteiger partial charge in [-0.05, 0) is 48.6 Å². The molecule has 1 amide bonds. The zero-order valence-electron chi connectivity index (χ0n) is 14.3. The Morgan fingerprint density at radius 1 is 1.20 bits per heavy atom. The Kier molecular flexibility index (Phi) is 6.92. The smallest absolute Gasteiger partial charge is 0.246 e. The van der Waals surface area contributed by atoms with Crippen molar-refractivity contribution in [1.82, 2.24) is 10.0 Å². The van der Waals surface area contributed by atoms with Crippen LogP contribution in [-0.2, 0) is 21.2 Å². The van der Waals surface area contributed by atoms with Crippen LogP contribution < -0.4 is 10.0 Å². The maximum atomic E-state index is 12.1. The van der Waals surface area contributed by atoms with E-state index in [9.17, 15) is 13.2 Å². The largest absolute Gasteiger partial charge is 0.352 e. The van der Waals surface area contributed by atoms with Crippen molar-refractivity contribution in [3.8, 4) is 0 Å². The molecule has 1 aromatic carbocycles. The van der Waals surface area contributed by atoms with Gasteiger partial charge < -0.3 is 5.32 Å². The molecule has 2 rings (SSSR count). The number of hydrogen-bond donors (Lipinski definition) is 2. The average molecular weight is 379 g/mol. The third-order valence-electron chi connectivity index (χ3n) is 3.53. The molecule has 1 heterocycles. The quantitative estimate of drug-likeness (QED) is 0.694. The molecule has 0 unspecified atom stereocenters. The number of carbonyl (C=O) groups excluding carboxylic acids is 1. The molecule has 2 N–H and O–H groups in total. The lowest BCUT2D eigenvalue weighted by molar-refractivity contribution is -0.117. The summed E-state index contributed by atoms with van der Waals surface area (Å²) in [5, 5.41) is 4.84. The Labute approximate surface area is 152 Å². The van der Waals surface area contributed by atoms with Gasteiger partial charge in [-0.25, -0.2) is 13.1 Å². The molecule has 0 bridgehead atoms. The van der Waals surface area contributed by atoms with Gasteiger partial charge in [-0.15, -0.1) is 11.3 Å². The predicted molar refractivity (Wildman–Crippen MR) is 102 cm³/mol. The molecule has 0 atom stereocenters. The number of nitrogens with one attached hydrogen (secondary N) is 2. The topological polar surface area (TPSA) is 75.3 Å². The van der Waals surface area contributed by atoms with Crippen molar-refractivity contribution in [3.05, 3.63) is 57.8 Å². The van der Waals surface area contributed by atoms with E-state index in [0.717, 1.165) is 10.4 Å². The standard InChI is InChI=1S/C18H22N2O3S2/c1-3-20-25(22,23)17-8-6-15(7-9-17)10-11-19-18(21)14(2)13-16-5-4-12-24-16/h4-9,12-13,20H,3,10-11H2,1-2H3,(H,19,21)/b14-13+. The van der Waals surface area contributed by atoms with E-state index in [2.05, 4.69) is 10.0 Å². The van der Waals surface area contributed by atoms with E-state index in [4.69, 9.17) is 0 Å². The first kappa shape index (κ1) is 19.4. The minimum Gasteiger partial charge on any atom is -0.352 e. The van der Waals surface area contributed by atoms with Gasteiger partial charge in [-0.2, -0.15) is 0 Å². The van der Waals surface area contributed by atoms with Gasteiger partial charge in [-0.3, -0.25) is 4.79 Å². The number of sulfonamides is 1. The van der Waals surface area contributed by atoms with Crippen molar-refractivity contribution < 1.29 is 13.2 Å². The molecule has 134 valence electrons. The van der Waals surface area contributed by atoms with Crippen LogP contribution in [0.15, 0.2) is 52.2 Å². The van der Waals surface area contributed by atoms with Crippen molar-refractivity contribution in [3.63, 3.8) is 0 Å². The summed E-state index contributed by atoms with van der Waals surface area (Å²) in [6.07, 6.45) is 2.50. The van der Waals surface area contributed by atoms with E-state index in [1.807, 2.05) is 23.6 Å².